The Bertz CT molecular complexity index is 521. The van der Waals surface area contributed by atoms with Crippen LogP contribution in [0.15, 0.2) is 24.3 Å². The molecule has 1 aromatic carbocycles. The quantitative estimate of drug-likeness (QED) is 0.875. The summed E-state index contributed by atoms with van der Waals surface area (Å²) in [7, 11) is 0. The number of carbonyl (C=O) groups is 2. The molecule has 1 aromatic rings. The van der Waals surface area contributed by atoms with Gasteiger partial charge in [-0.15, -0.1) is 0 Å². The largest absolute Gasteiger partial charge is 0.481 e. The van der Waals surface area contributed by atoms with Crippen LogP contribution in [-0.4, -0.2) is 41.5 Å². The van der Waals surface area contributed by atoms with Crippen LogP contribution in [0.25, 0.3) is 0 Å². The fraction of sp³-hybridized carbons (Fsp3) is 0.429. The van der Waals surface area contributed by atoms with Crippen molar-refractivity contribution in [1.82, 2.24) is 4.90 Å². The molecule has 0 radical (unpaired) electrons. The van der Waals surface area contributed by atoms with Crippen LogP contribution >= 0.6 is 0 Å². The number of benzene rings is 1. The lowest BCUT2D eigenvalue weighted by molar-refractivity contribution is -0.142. The first-order valence-corrected chi connectivity index (χ1v) is 6.46. The van der Waals surface area contributed by atoms with Crippen molar-refractivity contribution >= 4 is 17.6 Å². The Balaban J connectivity index is 1.88. The van der Waals surface area contributed by atoms with Crippen molar-refractivity contribution in [1.29, 1.82) is 0 Å². The van der Waals surface area contributed by atoms with Gasteiger partial charge in [0.25, 0.3) is 0 Å². The van der Waals surface area contributed by atoms with Gasteiger partial charge in [-0.3, -0.25) is 14.5 Å². The number of rotatable bonds is 4. The zero-order chi connectivity index (χ0) is 14.7. The lowest BCUT2D eigenvalue weighted by Gasteiger charge is -2.14. The predicted molar refractivity (Wildman–Crippen MR) is 71.8 cm³/mol. The summed E-state index contributed by atoms with van der Waals surface area (Å²) >= 11 is 0. The van der Waals surface area contributed by atoms with E-state index in [0.29, 0.717) is 18.8 Å². The summed E-state index contributed by atoms with van der Waals surface area (Å²) in [6.07, 6.45) is 0. The second-order valence-electron chi connectivity index (χ2n) is 5.17. The van der Waals surface area contributed by atoms with E-state index < -0.39 is 17.7 Å². The van der Waals surface area contributed by atoms with E-state index in [1.807, 2.05) is 6.92 Å². The van der Waals surface area contributed by atoms with Crippen LogP contribution in [0, 0.1) is 17.7 Å². The number of halogens is 1. The number of carboxylic acid groups (broad SMARTS) is 1. The smallest absolute Gasteiger partial charge is 0.308 e. The lowest BCUT2D eigenvalue weighted by Crippen LogP contribution is -2.32. The van der Waals surface area contributed by atoms with E-state index in [4.69, 9.17) is 5.11 Å². The van der Waals surface area contributed by atoms with Crippen LogP contribution in [0.5, 0.6) is 0 Å². The van der Waals surface area contributed by atoms with Crippen molar-refractivity contribution in [2.24, 2.45) is 11.8 Å². The Morgan fingerprint density at radius 1 is 1.45 bits per heavy atom. The molecule has 2 atom stereocenters. The topological polar surface area (TPSA) is 69.6 Å². The third-order valence-corrected chi connectivity index (χ3v) is 3.48. The molecule has 1 saturated heterocycles. The highest BCUT2D eigenvalue weighted by atomic mass is 19.1. The molecule has 1 heterocycles. The fourth-order valence-electron chi connectivity index (χ4n) is 2.49. The van der Waals surface area contributed by atoms with Gasteiger partial charge < -0.3 is 10.4 Å². The van der Waals surface area contributed by atoms with Gasteiger partial charge in [0.15, 0.2) is 0 Å². The van der Waals surface area contributed by atoms with Gasteiger partial charge in [-0.2, -0.15) is 0 Å². The van der Waals surface area contributed by atoms with E-state index in [0.717, 1.165) is 0 Å². The third kappa shape index (κ3) is 3.54. The summed E-state index contributed by atoms with van der Waals surface area (Å²) in [6.45, 7) is 2.93. The van der Waals surface area contributed by atoms with Crippen LogP contribution in [0.3, 0.4) is 0 Å². The number of likely N-dealkylation sites (tertiary alicyclic amines) is 1. The Kier molecular flexibility index (Phi) is 4.34. The molecule has 1 aliphatic heterocycles. The van der Waals surface area contributed by atoms with Gasteiger partial charge >= 0.3 is 5.97 Å². The Morgan fingerprint density at radius 3 is 2.80 bits per heavy atom. The molecule has 1 fully saturated rings. The number of hydrogen-bond acceptors (Lipinski definition) is 3. The summed E-state index contributed by atoms with van der Waals surface area (Å²) in [4.78, 5) is 24.6. The number of carbonyl (C=O) groups excluding carboxylic acids is 1. The molecule has 2 N–H and O–H groups in total. The van der Waals surface area contributed by atoms with E-state index in [2.05, 4.69) is 5.32 Å². The van der Waals surface area contributed by atoms with Gasteiger partial charge in [-0.1, -0.05) is 13.0 Å². The molecule has 1 aliphatic rings. The second kappa shape index (κ2) is 6.00. The van der Waals surface area contributed by atoms with Crippen molar-refractivity contribution < 1.29 is 19.1 Å². The molecule has 0 spiro atoms. The van der Waals surface area contributed by atoms with Gasteiger partial charge in [0, 0.05) is 18.8 Å². The normalized spacial score (nSPS) is 22.7. The number of anilines is 1. The molecule has 108 valence electrons. The highest BCUT2D eigenvalue weighted by molar-refractivity contribution is 5.92. The molecule has 5 nitrogen and oxygen atoms in total. The van der Waals surface area contributed by atoms with Crippen molar-refractivity contribution in [3.05, 3.63) is 30.1 Å². The molecule has 0 aromatic heterocycles. The molecule has 6 heteroatoms. The molecular weight excluding hydrogens is 263 g/mol. The third-order valence-electron chi connectivity index (χ3n) is 3.48. The molecule has 0 aliphatic carbocycles. The molecule has 2 rings (SSSR count). The second-order valence-corrected chi connectivity index (χ2v) is 5.17. The van der Waals surface area contributed by atoms with Crippen molar-refractivity contribution in [2.75, 3.05) is 25.0 Å². The van der Waals surface area contributed by atoms with Crippen LogP contribution in [-0.2, 0) is 9.59 Å². The van der Waals surface area contributed by atoms with Crippen LogP contribution in [0.4, 0.5) is 10.1 Å². The maximum atomic E-state index is 13.0. The molecule has 20 heavy (non-hydrogen) atoms. The van der Waals surface area contributed by atoms with Gasteiger partial charge in [-0.05, 0) is 24.1 Å². The molecule has 0 unspecified atom stereocenters. The molecule has 0 bridgehead atoms. The van der Waals surface area contributed by atoms with Crippen molar-refractivity contribution in [3.8, 4) is 0 Å². The number of aliphatic carboxylic acids is 1. The maximum Gasteiger partial charge on any atom is 0.308 e. The van der Waals surface area contributed by atoms with Gasteiger partial charge in [0.1, 0.15) is 5.82 Å². The first-order chi connectivity index (χ1) is 9.45. The minimum Gasteiger partial charge on any atom is -0.481 e. The molecule has 0 saturated carbocycles. The number of nitrogens with zero attached hydrogens (tertiary/aromatic N) is 1. The summed E-state index contributed by atoms with van der Waals surface area (Å²) in [5.41, 5.74) is 0.400. The van der Waals surface area contributed by atoms with E-state index in [9.17, 15) is 14.0 Å². The minimum absolute atomic E-state index is 0.0227. The number of amides is 1. The SMILES string of the molecule is C[C@@H]1CN(CC(=O)Nc2cccc(F)c2)C[C@H]1C(=O)O. The zero-order valence-corrected chi connectivity index (χ0v) is 11.2. The lowest BCUT2D eigenvalue weighted by atomic mass is 9.99. The Labute approximate surface area is 116 Å². The zero-order valence-electron chi connectivity index (χ0n) is 11.2. The van der Waals surface area contributed by atoms with E-state index >= 15 is 0 Å². The highest BCUT2D eigenvalue weighted by Gasteiger charge is 2.35. The van der Waals surface area contributed by atoms with E-state index in [1.54, 1.807) is 11.0 Å². The standard InChI is InChI=1S/C14H17FN2O3/c1-9-6-17(7-12(9)14(19)20)8-13(18)16-11-4-2-3-10(15)5-11/h2-5,9,12H,6-8H2,1H3,(H,16,18)(H,19,20)/t9-,12-/m1/s1. The van der Waals surface area contributed by atoms with Crippen LogP contribution in [0.1, 0.15) is 6.92 Å². The summed E-state index contributed by atoms with van der Waals surface area (Å²) in [5.74, 6) is -1.92. The highest BCUT2D eigenvalue weighted by Crippen LogP contribution is 2.22. The summed E-state index contributed by atoms with van der Waals surface area (Å²) in [6, 6.07) is 5.66. The number of nitrogens with one attached hydrogen (secondary N) is 1. The molecular formula is C14H17FN2O3. The first kappa shape index (κ1) is 14.5. The van der Waals surface area contributed by atoms with Gasteiger partial charge in [0.05, 0.1) is 12.5 Å². The average Bonchev–Trinajstić information content (AvgIpc) is 2.70. The van der Waals surface area contributed by atoms with E-state index in [1.165, 1.54) is 18.2 Å². The fourth-order valence-corrected chi connectivity index (χ4v) is 2.49. The molecule has 1 amide bonds. The monoisotopic (exact) mass is 280 g/mol. The Morgan fingerprint density at radius 2 is 2.20 bits per heavy atom. The van der Waals surface area contributed by atoms with E-state index in [-0.39, 0.29) is 18.4 Å². The predicted octanol–water partition coefficient (Wildman–Crippen LogP) is 1.42. The Hall–Kier alpha value is -1.95. The minimum atomic E-state index is -0.828. The average molecular weight is 280 g/mol. The number of hydrogen-bond donors (Lipinski definition) is 2. The van der Waals surface area contributed by atoms with Crippen LogP contribution < -0.4 is 5.32 Å². The summed E-state index contributed by atoms with van der Waals surface area (Å²) < 4.78 is 13.0. The van der Waals surface area contributed by atoms with Crippen molar-refractivity contribution in [2.45, 2.75) is 6.92 Å². The first-order valence-electron chi connectivity index (χ1n) is 6.46. The van der Waals surface area contributed by atoms with Crippen LogP contribution in [0.2, 0.25) is 0 Å². The maximum absolute atomic E-state index is 13.0. The van der Waals surface area contributed by atoms with Gasteiger partial charge in [-0.25, -0.2) is 4.39 Å². The van der Waals surface area contributed by atoms with Crippen molar-refractivity contribution in [3.63, 3.8) is 0 Å². The summed E-state index contributed by atoms with van der Waals surface area (Å²) in [5, 5.41) is 11.6. The van der Waals surface area contributed by atoms with Gasteiger partial charge in [0.2, 0.25) is 5.91 Å². The number of carboxylic acids is 1.